The van der Waals surface area contributed by atoms with Gasteiger partial charge in [0, 0.05) is 5.56 Å². The van der Waals surface area contributed by atoms with E-state index in [1.165, 1.54) is 6.07 Å². The highest BCUT2D eigenvalue weighted by Gasteiger charge is 2.15. The lowest BCUT2D eigenvalue weighted by Crippen LogP contribution is -2.13. The van der Waals surface area contributed by atoms with E-state index in [1.54, 1.807) is 6.07 Å². The van der Waals surface area contributed by atoms with Crippen molar-refractivity contribution in [2.24, 2.45) is 5.73 Å². The fourth-order valence-corrected chi connectivity index (χ4v) is 1.05. The number of nitriles is 1. The van der Waals surface area contributed by atoms with Crippen molar-refractivity contribution in [1.29, 1.82) is 5.26 Å². The first-order valence-corrected chi connectivity index (χ1v) is 3.84. The fourth-order valence-electron chi connectivity index (χ4n) is 1.05. The highest BCUT2D eigenvalue weighted by Crippen LogP contribution is 2.27. The van der Waals surface area contributed by atoms with E-state index in [1.807, 2.05) is 0 Å². The Morgan fingerprint density at radius 3 is 2.71 bits per heavy atom. The molecule has 14 heavy (non-hydrogen) atoms. The molecule has 0 amide bonds. The molecule has 0 radical (unpaired) electrons. The lowest BCUT2D eigenvalue weighted by atomic mass is 10.0. The Kier molecular flexibility index (Phi) is 2.99. The van der Waals surface area contributed by atoms with Gasteiger partial charge in [-0.15, -0.1) is 0 Å². The molecule has 3 N–H and O–H groups in total. The first-order chi connectivity index (χ1) is 6.60. The van der Waals surface area contributed by atoms with E-state index in [2.05, 4.69) is 0 Å². The van der Waals surface area contributed by atoms with E-state index in [-0.39, 0.29) is 11.1 Å². The van der Waals surface area contributed by atoms with Crippen molar-refractivity contribution in [2.75, 3.05) is 6.67 Å². The Labute approximate surface area is 79.4 Å². The van der Waals surface area contributed by atoms with E-state index in [9.17, 15) is 13.9 Å². The molecule has 5 heteroatoms. The Morgan fingerprint density at radius 2 is 2.21 bits per heavy atom. The number of phenolic OH excluding ortho intramolecular Hbond substituents is 1. The molecular weight excluding hydrogens is 190 g/mol. The van der Waals surface area contributed by atoms with Crippen LogP contribution in [0.2, 0.25) is 0 Å². The van der Waals surface area contributed by atoms with E-state index < -0.39 is 24.3 Å². The normalized spacial score (nSPS) is 12.1. The first-order valence-electron chi connectivity index (χ1n) is 3.84. The van der Waals surface area contributed by atoms with Crippen LogP contribution in [0.3, 0.4) is 0 Å². The van der Waals surface area contributed by atoms with Crippen molar-refractivity contribution in [3.8, 4) is 11.8 Å². The summed E-state index contributed by atoms with van der Waals surface area (Å²) in [6, 6.07) is 2.61. The third kappa shape index (κ3) is 1.80. The van der Waals surface area contributed by atoms with Crippen molar-refractivity contribution >= 4 is 0 Å². The van der Waals surface area contributed by atoms with E-state index >= 15 is 0 Å². The van der Waals surface area contributed by atoms with Gasteiger partial charge in [0.15, 0.2) is 11.6 Å². The SMILES string of the molecule is N#Cc1cc(F)c(O)c([C@@H](N)CF)c1. The van der Waals surface area contributed by atoms with Gasteiger partial charge >= 0.3 is 0 Å². The molecule has 74 valence electrons. The third-order valence-corrected chi connectivity index (χ3v) is 1.79. The average Bonchev–Trinajstić information content (AvgIpc) is 2.20. The summed E-state index contributed by atoms with van der Waals surface area (Å²) in [4.78, 5) is 0. The highest BCUT2D eigenvalue weighted by atomic mass is 19.1. The predicted octanol–water partition coefficient (Wildman–Crippen LogP) is 1.37. The molecule has 0 bridgehead atoms. The number of alkyl halides is 1. The zero-order valence-corrected chi connectivity index (χ0v) is 7.17. The summed E-state index contributed by atoms with van der Waals surface area (Å²) in [5, 5.41) is 17.7. The summed E-state index contributed by atoms with van der Waals surface area (Å²) < 4.78 is 25.1. The Balaban J connectivity index is 3.28. The minimum Gasteiger partial charge on any atom is -0.505 e. The van der Waals surface area contributed by atoms with Crippen molar-refractivity contribution < 1.29 is 13.9 Å². The predicted molar refractivity (Wildman–Crippen MR) is 45.7 cm³/mol. The van der Waals surface area contributed by atoms with Crippen LogP contribution in [-0.4, -0.2) is 11.8 Å². The molecule has 0 spiro atoms. The second kappa shape index (κ2) is 4.03. The van der Waals surface area contributed by atoms with Crippen LogP contribution in [0, 0.1) is 17.1 Å². The zero-order chi connectivity index (χ0) is 10.7. The molecule has 0 aliphatic heterocycles. The third-order valence-electron chi connectivity index (χ3n) is 1.79. The van der Waals surface area contributed by atoms with Gasteiger partial charge in [0.2, 0.25) is 0 Å². The molecule has 1 aromatic rings. The molecule has 0 aromatic heterocycles. The summed E-state index contributed by atoms with van der Waals surface area (Å²) in [5.74, 6) is -1.67. The molecule has 0 saturated carbocycles. The molecule has 1 rings (SSSR count). The number of nitrogens with zero attached hydrogens (tertiary/aromatic N) is 1. The quantitative estimate of drug-likeness (QED) is 0.753. The summed E-state index contributed by atoms with van der Waals surface area (Å²) in [6.45, 7) is -0.929. The van der Waals surface area contributed by atoms with Crippen LogP contribution in [0.15, 0.2) is 12.1 Å². The van der Waals surface area contributed by atoms with E-state index in [4.69, 9.17) is 11.0 Å². The molecule has 3 nitrogen and oxygen atoms in total. The summed E-state index contributed by atoms with van der Waals surface area (Å²) in [6.07, 6.45) is 0. The van der Waals surface area contributed by atoms with Gasteiger partial charge < -0.3 is 10.8 Å². The zero-order valence-electron chi connectivity index (χ0n) is 7.17. The Morgan fingerprint density at radius 1 is 1.57 bits per heavy atom. The number of rotatable bonds is 2. The number of phenols is 1. The van der Waals surface area contributed by atoms with Gasteiger partial charge in [-0.05, 0) is 12.1 Å². The number of hydrogen-bond acceptors (Lipinski definition) is 3. The maximum Gasteiger partial charge on any atom is 0.166 e. The fraction of sp³-hybridized carbons (Fsp3) is 0.222. The maximum absolute atomic E-state index is 12.9. The lowest BCUT2D eigenvalue weighted by Gasteiger charge is -2.10. The van der Waals surface area contributed by atoms with Crippen molar-refractivity contribution in [3.63, 3.8) is 0 Å². The van der Waals surface area contributed by atoms with Crippen molar-refractivity contribution in [2.45, 2.75) is 6.04 Å². The number of nitrogens with two attached hydrogens (primary N) is 1. The standard InChI is InChI=1S/C9H8F2N2O/c10-3-8(13)6-1-5(4-12)2-7(11)9(6)14/h1-2,8,14H,3,13H2/t8-/m0/s1. The molecule has 0 unspecified atom stereocenters. The van der Waals surface area contributed by atoms with Crippen LogP contribution in [0.4, 0.5) is 8.78 Å². The second-order valence-corrected chi connectivity index (χ2v) is 2.77. The van der Waals surface area contributed by atoms with Gasteiger partial charge in [0.05, 0.1) is 17.7 Å². The minimum absolute atomic E-state index is 0.000741. The van der Waals surface area contributed by atoms with Gasteiger partial charge in [-0.3, -0.25) is 0 Å². The number of halogens is 2. The molecule has 1 atom stereocenters. The topological polar surface area (TPSA) is 70.0 Å². The molecule has 0 saturated heterocycles. The van der Waals surface area contributed by atoms with E-state index in [0.717, 1.165) is 6.07 Å². The highest BCUT2D eigenvalue weighted by molar-refractivity contribution is 5.44. The molecular formula is C9H8F2N2O. The lowest BCUT2D eigenvalue weighted by molar-refractivity contribution is 0.396. The first kappa shape index (κ1) is 10.4. The Bertz CT molecular complexity index is 387. The van der Waals surface area contributed by atoms with Crippen molar-refractivity contribution in [3.05, 3.63) is 29.1 Å². The molecule has 0 heterocycles. The van der Waals surface area contributed by atoms with Gasteiger partial charge in [-0.2, -0.15) is 5.26 Å². The molecule has 1 aromatic carbocycles. The van der Waals surface area contributed by atoms with Gasteiger partial charge in [-0.1, -0.05) is 0 Å². The maximum atomic E-state index is 12.9. The van der Waals surface area contributed by atoms with Crippen LogP contribution >= 0.6 is 0 Å². The van der Waals surface area contributed by atoms with E-state index in [0.29, 0.717) is 0 Å². The number of hydrogen-bond donors (Lipinski definition) is 2. The van der Waals surface area contributed by atoms with Crippen LogP contribution in [-0.2, 0) is 0 Å². The monoisotopic (exact) mass is 198 g/mol. The Hall–Kier alpha value is -1.67. The summed E-state index contributed by atoms with van der Waals surface area (Å²) in [5.41, 5.74) is 5.18. The average molecular weight is 198 g/mol. The van der Waals surface area contributed by atoms with Gasteiger partial charge in [-0.25, -0.2) is 8.78 Å². The summed E-state index contributed by atoms with van der Waals surface area (Å²) >= 11 is 0. The smallest absolute Gasteiger partial charge is 0.166 e. The van der Waals surface area contributed by atoms with Gasteiger partial charge in [0.1, 0.15) is 6.67 Å². The molecule has 0 fully saturated rings. The van der Waals surface area contributed by atoms with Gasteiger partial charge in [0.25, 0.3) is 0 Å². The van der Waals surface area contributed by atoms with Crippen molar-refractivity contribution in [1.82, 2.24) is 0 Å². The molecule has 0 aliphatic carbocycles. The molecule has 0 aliphatic rings. The van der Waals surface area contributed by atoms with Crippen LogP contribution < -0.4 is 5.73 Å². The number of aromatic hydroxyl groups is 1. The second-order valence-electron chi connectivity index (χ2n) is 2.77. The van der Waals surface area contributed by atoms with Crippen LogP contribution in [0.1, 0.15) is 17.2 Å². The van der Waals surface area contributed by atoms with Crippen LogP contribution in [0.25, 0.3) is 0 Å². The largest absolute Gasteiger partial charge is 0.505 e. The summed E-state index contributed by atoms with van der Waals surface area (Å²) in [7, 11) is 0. The van der Waals surface area contributed by atoms with Crippen LogP contribution in [0.5, 0.6) is 5.75 Å². The number of benzene rings is 1. The minimum atomic E-state index is -1.11.